The maximum Gasteiger partial charge on any atom is 0.254 e. The van der Waals surface area contributed by atoms with E-state index in [4.69, 9.17) is 5.73 Å². The van der Waals surface area contributed by atoms with Gasteiger partial charge in [0.25, 0.3) is 11.8 Å². The van der Waals surface area contributed by atoms with Crippen LogP contribution < -0.4 is 11.1 Å². The van der Waals surface area contributed by atoms with Crippen molar-refractivity contribution in [2.75, 3.05) is 13.1 Å². The van der Waals surface area contributed by atoms with E-state index in [1.54, 1.807) is 24.3 Å². The third kappa shape index (κ3) is 4.95. The van der Waals surface area contributed by atoms with Crippen molar-refractivity contribution in [3.8, 4) is 0 Å². The lowest BCUT2D eigenvalue weighted by Gasteiger charge is -2.38. The van der Waals surface area contributed by atoms with E-state index in [-0.39, 0.29) is 36.3 Å². The molecule has 1 fully saturated rings. The van der Waals surface area contributed by atoms with Crippen molar-refractivity contribution < 1.29 is 9.59 Å². The Labute approximate surface area is 150 Å². The molecular weight excluding hydrogens is 326 g/mol. The highest BCUT2D eigenvalue weighted by Gasteiger charge is 2.30. The standard InChI is InChI=1S/C18H27N3O2.ClH/c1-3-10-20-17(22)14-7-6-8-15(12-14)18(23)21-11-5-4-9-16(21)13(2)19;/h6-8,12-13,16H,3-5,9-11,19H2,1-2H3,(H,20,22);1H. The number of carbonyl (C=O) groups is 2. The number of nitrogens with one attached hydrogen (secondary N) is 1. The van der Waals surface area contributed by atoms with Crippen LogP contribution in [0.3, 0.4) is 0 Å². The van der Waals surface area contributed by atoms with Gasteiger partial charge in [-0.25, -0.2) is 0 Å². The summed E-state index contributed by atoms with van der Waals surface area (Å²) in [5.41, 5.74) is 7.13. The Hall–Kier alpha value is -1.59. The Bertz CT molecular complexity index is 563. The predicted octanol–water partition coefficient (Wildman–Crippen LogP) is 2.59. The predicted molar refractivity (Wildman–Crippen MR) is 98.6 cm³/mol. The number of halogens is 1. The van der Waals surface area contributed by atoms with Crippen molar-refractivity contribution >= 4 is 24.2 Å². The Morgan fingerprint density at radius 1 is 1.33 bits per heavy atom. The van der Waals surface area contributed by atoms with Crippen LogP contribution in [0.2, 0.25) is 0 Å². The number of likely N-dealkylation sites (tertiary alicyclic amines) is 1. The van der Waals surface area contributed by atoms with Gasteiger partial charge in [0, 0.05) is 36.3 Å². The van der Waals surface area contributed by atoms with Crippen molar-refractivity contribution in [1.82, 2.24) is 10.2 Å². The van der Waals surface area contributed by atoms with Gasteiger partial charge >= 0.3 is 0 Å². The summed E-state index contributed by atoms with van der Waals surface area (Å²) in [6.07, 6.45) is 3.94. The quantitative estimate of drug-likeness (QED) is 0.854. The van der Waals surface area contributed by atoms with Crippen LogP contribution >= 0.6 is 12.4 Å². The van der Waals surface area contributed by atoms with Crippen molar-refractivity contribution in [2.45, 2.75) is 51.6 Å². The Kier molecular flexibility index (Phi) is 8.22. The zero-order valence-corrected chi connectivity index (χ0v) is 15.3. The van der Waals surface area contributed by atoms with E-state index < -0.39 is 0 Å². The lowest BCUT2D eigenvalue weighted by molar-refractivity contribution is 0.0584. The van der Waals surface area contributed by atoms with Crippen LogP contribution in [0.15, 0.2) is 24.3 Å². The number of amides is 2. The molecule has 3 N–H and O–H groups in total. The van der Waals surface area contributed by atoms with Gasteiger partial charge in [-0.1, -0.05) is 13.0 Å². The maximum atomic E-state index is 12.8. The minimum Gasteiger partial charge on any atom is -0.352 e. The molecule has 1 saturated heterocycles. The third-order valence-electron chi connectivity index (χ3n) is 4.32. The van der Waals surface area contributed by atoms with Crippen LogP contribution in [0.1, 0.15) is 60.2 Å². The molecule has 24 heavy (non-hydrogen) atoms. The summed E-state index contributed by atoms with van der Waals surface area (Å²) in [5.74, 6) is -0.166. The monoisotopic (exact) mass is 353 g/mol. The Balaban J connectivity index is 0.00000288. The molecule has 0 aliphatic carbocycles. The van der Waals surface area contributed by atoms with Gasteiger partial charge in [-0.15, -0.1) is 12.4 Å². The van der Waals surface area contributed by atoms with Crippen LogP contribution in [-0.2, 0) is 0 Å². The number of benzene rings is 1. The van der Waals surface area contributed by atoms with E-state index in [0.717, 1.165) is 32.2 Å². The van der Waals surface area contributed by atoms with Gasteiger partial charge in [0.2, 0.25) is 0 Å². The lowest BCUT2D eigenvalue weighted by atomic mass is 9.95. The van der Waals surface area contributed by atoms with E-state index in [9.17, 15) is 9.59 Å². The molecule has 1 aliphatic heterocycles. The van der Waals surface area contributed by atoms with Gasteiger partial charge in [-0.2, -0.15) is 0 Å². The van der Waals surface area contributed by atoms with Crippen LogP contribution in [0.5, 0.6) is 0 Å². The summed E-state index contributed by atoms with van der Waals surface area (Å²) in [6, 6.07) is 6.98. The number of hydrogen-bond donors (Lipinski definition) is 2. The number of rotatable bonds is 5. The molecule has 134 valence electrons. The average Bonchev–Trinajstić information content (AvgIpc) is 2.59. The molecular formula is C18H28ClN3O2. The van der Waals surface area contributed by atoms with Crippen molar-refractivity contribution in [3.63, 3.8) is 0 Å². The minimum atomic E-state index is -0.135. The van der Waals surface area contributed by atoms with Crippen molar-refractivity contribution in [1.29, 1.82) is 0 Å². The molecule has 0 spiro atoms. The summed E-state index contributed by atoms with van der Waals surface area (Å²) < 4.78 is 0. The van der Waals surface area contributed by atoms with Gasteiger partial charge in [-0.3, -0.25) is 9.59 Å². The zero-order valence-electron chi connectivity index (χ0n) is 14.5. The Morgan fingerprint density at radius 2 is 2.04 bits per heavy atom. The lowest BCUT2D eigenvalue weighted by Crippen LogP contribution is -2.51. The molecule has 0 radical (unpaired) electrons. The van der Waals surface area contributed by atoms with E-state index in [1.165, 1.54) is 0 Å². The van der Waals surface area contributed by atoms with E-state index in [0.29, 0.717) is 17.7 Å². The highest BCUT2D eigenvalue weighted by atomic mass is 35.5. The molecule has 1 aromatic rings. The van der Waals surface area contributed by atoms with Crippen LogP contribution in [-0.4, -0.2) is 41.9 Å². The minimum absolute atomic E-state index is 0. The largest absolute Gasteiger partial charge is 0.352 e. The molecule has 2 rings (SSSR count). The summed E-state index contributed by atoms with van der Waals surface area (Å²) in [6.45, 7) is 5.32. The van der Waals surface area contributed by atoms with Gasteiger partial charge in [-0.05, 0) is 50.8 Å². The number of carbonyl (C=O) groups excluding carboxylic acids is 2. The molecule has 2 atom stereocenters. The molecule has 1 aliphatic rings. The summed E-state index contributed by atoms with van der Waals surface area (Å²) >= 11 is 0. The second-order valence-electron chi connectivity index (χ2n) is 6.26. The highest BCUT2D eigenvalue weighted by Crippen LogP contribution is 2.21. The molecule has 1 aromatic carbocycles. The van der Waals surface area contributed by atoms with Crippen molar-refractivity contribution in [2.24, 2.45) is 5.73 Å². The normalized spacial score (nSPS) is 18.5. The smallest absolute Gasteiger partial charge is 0.254 e. The SMILES string of the molecule is CCCNC(=O)c1cccc(C(=O)N2CCCCC2C(C)N)c1.Cl. The molecule has 0 aromatic heterocycles. The fourth-order valence-electron chi connectivity index (χ4n) is 3.06. The number of hydrogen-bond acceptors (Lipinski definition) is 3. The average molecular weight is 354 g/mol. The first-order valence-corrected chi connectivity index (χ1v) is 8.49. The fraction of sp³-hybridized carbons (Fsp3) is 0.556. The molecule has 2 unspecified atom stereocenters. The second-order valence-corrected chi connectivity index (χ2v) is 6.26. The maximum absolute atomic E-state index is 12.8. The summed E-state index contributed by atoms with van der Waals surface area (Å²) in [7, 11) is 0. The van der Waals surface area contributed by atoms with Gasteiger partial charge < -0.3 is 16.0 Å². The van der Waals surface area contributed by atoms with Crippen LogP contribution in [0.4, 0.5) is 0 Å². The van der Waals surface area contributed by atoms with Gasteiger partial charge in [0.1, 0.15) is 0 Å². The van der Waals surface area contributed by atoms with Gasteiger partial charge in [0.05, 0.1) is 0 Å². The van der Waals surface area contributed by atoms with E-state index in [2.05, 4.69) is 5.32 Å². The Morgan fingerprint density at radius 3 is 2.71 bits per heavy atom. The first-order valence-electron chi connectivity index (χ1n) is 8.49. The molecule has 0 saturated carbocycles. The van der Waals surface area contributed by atoms with Crippen molar-refractivity contribution in [3.05, 3.63) is 35.4 Å². The first-order chi connectivity index (χ1) is 11.0. The molecule has 6 heteroatoms. The topological polar surface area (TPSA) is 75.4 Å². The van der Waals surface area contributed by atoms with Gasteiger partial charge in [0.15, 0.2) is 0 Å². The summed E-state index contributed by atoms with van der Waals surface area (Å²) in [5, 5.41) is 2.84. The number of piperidine rings is 1. The molecule has 0 bridgehead atoms. The molecule has 5 nitrogen and oxygen atoms in total. The fourth-order valence-corrected chi connectivity index (χ4v) is 3.06. The van der Waals surface area contributed by atoms with Crippen LogP contribution in [0, 0.1) is 0 Å². The number of nitrogens with two attached hydrogens (primary N) is 1. The molecule has 1 heterocycles. The number of nitrogens with zero attached hydrogens (tertiary/aromatic N) is 1. The summed E-state index contributed by atoms with van der Waals surface area (Å²) in [4.78, 5) is 26.8. The molecule has 2 amide bonds. The first kappa shape index (κ1) is 20.5. The van der Waals surface area contributed by atoms with Crippen LogP contribution in [0.25, 0.3) is 0 Å². The highest BCUT2D eigenvalue weighted by molar-refractivity contribution is 5.99. The van der Waals surface area contributed by atoms with E-state index >= 15 is 0 Å². The third-order valence-corrected chi connectivity index (χ3v) is 4.32. The zero-order chi connectivity index (χ0) is 16.8. The second kappa shape index (κ2) is 9.64. The van der Waals surface area contributed by atoms with E-state index in [1.807, 2.05) is 18.7 Å².